The van der Waals surface area contributed by atoms with Gasteiger partial charge < -0.3 is 25.2 Å². The van der Waals surface area contributed by atoms with Crippen molar-refractivity contribution in [3.8, 4) is 11.5 Å². The summed E-state index contributed by atoms with van der Waals surface area (Å²) in [6.45, 7) is 0.536. The van der Waals surface area contributed by atoms with Gasteiger partial charge in [0, 0.05) is 43.7 Å². The molecule has 1 amide bonds. The summed E-state index contributed by atoms with van der Waals surface area (Å²) in [5.74, 6) is 0.759. The van der Waals surface area contributed by atoms with Crippen LogP contribution in [0.3, 0.4) is 0 Å². The summed E-state index contributed by atoms with van der Waals surface area (Å²) in [5.41, 5.74) is 1.96. The predicted octanol–water partition coefficient (Wildman–Crippen LogP) is 3.67. The average molecular weight is 610 g/mol. The van der Waals surface area contributed by atoms with Crippen LogP contribution in [-0.2, 0) is 0 Å². The molecule has 13 nitrogen and oxygen atoms in total. The Balaban J connectivity index is 1.25. The maximum atomic E-state index is 15.0. The lowest BCUT2D eigenvalue weighted by atomic mass is 10.2. The maximum Gasteiger partial charge on any atom is 0.407 e. The van der Waals surface area contributed by atoms with Crippen molar-refractivity contribution in [3.63, 3.8) is 0 Å². The predicted molar refractivity (Wildman–Crippen MR) is 146 cm³/mol. The molecule has 1 aliphatic heterocycles. The SMILES string of the molecule is O=C(O)N1CCN(c2nc3c(Nc4ccc(Oc5ccn6ncnc6c5)c(F)c4)ncnc3cc2Br)CC1CO. The number of rotatable bonds is 6. The number of nitrogens with zero attached hydrogens (tertiary/aromatic N) is 8. The Hall–Kier alpha value is -4.63. The molecule has 0 saturated carbocycles. The number of ether oxygens (including phenoxy) is 1. The molecule has 204 valence electrons. The van der Waals surface area contributed by atoms with E-state index in [0.717, 1.165) is 0 Å². The van der Waals surface area contributed by atoms with E-state index in [9.17, 15) is 19.4 Å². The molecule has 3 N–H and O–H groups in total. The Morgan fingerprint density at radius 3 is 2.83 bits per heavy atom. The molecule has 40 heavy (non-hydrogen) atoms. The van der Waals surface area contributed by atoms with E-state index in [-0.39, 0.29) is 25.4 Å². The number of carboxylic acid groups (broad SMARTS) is 1. The van der Waals surface area contributed by atoms with Crippen LogP contribution < -0.4 is 15.0 Å². The van der Waals surface area contributed by atoms with Gasteiger partial charge in [-0.3, -0.25) is 4.90 Å². The van der Waals surface area contributed by atoms with Gasteiger partial charge in [-0.1, -0.05) is 0 Å². The Bertz CT molecular complexity index is 1740. The topological polar surface area (TPSA) is 154 Å². The standard InChI is InChI=1S/C25H21BrFN9O4/c26-17-9-19-22(33-24(17)34-5-6-35(25(38)39)15(10-34)11-37)23(30-12-28-19)32-14-1-2-20(18(27)7-14)40-16-3-4-36-21(8-16)29-13-31-36/h1-4,7-9,12-13,15,37H,5-6,10-11H2,(H,38,39)(H,28,30,32). The molecule has 5 heterocycles. The number of aliphatic hydroxyl groups is 1. The monoisotopic (exact) mass is 609 g/mol. The molecule has 1 saturated heterocycles. The zero-order chi connectivity index (χ0) is 27.8. The molecular weight excluding hydrogens is 589 g/mol. The van der Waals surface area contributed by atoms with Crippen LogP contribution in [0.1, 0.15) is 0 Å². The van der Waals surface area contributed by atoms with Crippen LogP contribution in [0.2, 0.25) is 0 Å². The van der Waals surface area contributed by atoms with Crippen molar-refractivity contribution in [2.24, 2.45) is 0 Å². The quantitative estimate of drug-likeness (QED) is 0.258. The molecule has 15 heteroatoms. The van der Waals surface area contributed by atoms with Crippen LogP contribution in [0.5, 0.6) is 11.5 Å². The van der Waals surface area contributed by atoms with Crippen molar-refractivity contribution in [2.45, 2.75) is 6.04 Å². The molecule has 0 bridgehead atoms. The first-order chi connectivity index (χ1) is 19.4. The number of benzene rings is 1. The molecule has 6 rings (SSSR count). The first-order valence-corrected chi connectivity index (χ1v) is 12.9. The van der Waals surface area contributed by atoms with Crippen molar-refractivity contribution in [3.05, 3.63) is 65.5 Å². The number of amides is 1. The first kappa shape index (κ1) is 25.6. The minimum Gasteiger partial charge on any atom is -0.465 e. The summed E-state index contributed by atoms with van der Waals surface area (Å²) in [7, 11) is 0. The van der Waals surface area contributed by atoms with E-state index in [4.69, 9.17) is 9.72 Å². The second kappa shape index (κ2) is 10.5. The van der Waals surface area contributed by atoms with Crippen molar-refractivity contribution in [2.75, 3.05) is 36.5 Å². The summed E-state index contributed by atoms with van der Waals surface area (Å²) in [6.07, 6.45) is 3.38. The molecule has 1 aromatic carbocycles. The van der Waals surface area contributed by atoms with Gasteiger partial charge in [-0.15, -0.1) is 0 Å². The summed E-state index contributed by atoms with van der Waals surface area (Å²) in [6, 6.07) is 8.94. The zero-order valence-electron chi connectivity index (χ0n) is 20.6. The summed E-state index contributed by atoms with van der Waals surface area (Å²) in [4.78, 5) is 32.1. The molecule has 5 aromatic rings. The Kier molecular flexibility index (Phi) is 6.73. The van der Waals surface area contributed by atoms with Crippen LogP contribution >= 0.6 is 15.9 Å². The largest absolute Gasteiger partial charge is 0.465 e. The summed E-state index contributed by atoms with van der Waals surface area (Å²) < 4.78 is 22.9. The first-order valence-electron chi connectivity index (χ1n) is 12.1. The van der Waals surface area contributed by atoms with Crippen molar-refractivity contribution in [1.29, 1.82) is 0 Å². The van der Waals surface area contributed by atoms with Gasteiger partial charge in [-0.25, -0.2) is 33.6 Å². The van der Waals surface area contributed by atoms with Gasteiger partial charge in [0.15, 0.2) is 23.0 Å². The molecule has 4 aromatic heterocycles. The fourth-order valence-electron chi connectivity index (χ4n) is 4.51. The van der Waals surface area contributed by atoms with E-state index in [0.29, 0.717) is 50.8 Å². The van der Waals surface area contributed by atoms with Crippen LogP contribution in [-0.4, -0.2) is 83.0 Å². The average Bonchev–Trinajstić information content (AvgIpc) is 3.42. The molecule has 1 unspecified atom stereocenters. The lowest BCUT2D eigenvalue weighted by Gasteiger charge is -2.40. The number of carbonyl (C=O) groups is 1. The molecule has 0 aliphatic carbocycles. The van der Waals surface area contributed by atoms with Crippen LogP contribution in [0.4, 0.5) is 26.5 Å². The maximum absolute atomic E-state index is 15.0. The number of nitrogens with one attached hydrogen (secondary N) is 1. The van der Waals surface area contributed by atoms with Gasteiger partial charge in [0.1, 0.15) is 29.7 Å². The number of anilines is 3. The number of aromatic nitrogens is 6. The van der Waals surface area contributed by atoms with Gasteiger partial charge in [0.2, 0.25) is 0 Å². The van der Waals surface area contributed by atoms with E-state index in [1.165, 1.54) is 29.7 Å². The van der Waals surface area contributed by atoms with Gasteiger partial charge in [0.05, 0.1) is 22.6 Å². The van der Waals surface area contributed by atoms with Crippen LogP contribution in [0.25, 0.3) is 16.7 Å². The third kappa shape index (κ3) is 4.91. The highest BCUT2D eigenvalue weighted by Gasteiger charge is 2.31. The highest BCUT2D eigenvalue weighted by Crippen LogP contribution is 2.33. The van der Waals surface area contributed by atoms with Gasteiger partial charge in [-0.05, 0) is 40.2 Å². The van der Waals surface area contributed by atoms with E-state index in [1.54, 1.807) is 35.0 Å². The number of piperazine rings is 1. The smallest absolute Gasteiger partial charge is 0.407 e. The Morgan fingerprint density at radius 2 is 2.02 bits per heavy atom. The van der Waals surface area contributed by atoms with Crippen molar-refractivity contribution < 1.29 is 24.1 Å². The zero-order valence-corrected chi connectivity index (χ0v) is 22.2. The van der Waals surface area contributed by atoms with Crippen LogP contribution in [0, 0.1) is 5.82 Å². The molecule has 1 atom stereocenters. The second-order valence-electron chi connectivity index (χ2n) is 8.94. The number of aliphatic hydroxyl groups excluding tert-OH is 1. The fraction of sp³-hybridized carbons (Fsp3) is 0.200. The van der Waals surface area contributed by atoms with E-state index in [2.05, 4.69) is 41.3 Å². The summed E-state index contributed by atoms with van der Waals surface area (Å²) >= 11 is 3.54. The third-order valence-corrected chi connectivity index (χ3v) is 7.04. The van der Waals surface area contributed by atoms with Gasteiger partial charge >= 0.3 is 6.09 Å². The molecular formula is C25H21BrFN9O4. The normalized spacial score (nSPS) is 15.5. The second-order valence-corrected chi connectivity index (χ2v) is 9.79. The van der Waals surface area contributed by atoms with Crippen LogP contribution in [0.15, 0.2) is 59.7 Å². The highest BCUT2D eigenvalue weighted by atomic mass is 79.9. The molecule has 1 fully saturated rings. The highest BCUT2D eigenvalue weighted by molar-refractivity contribution is 9.10. The lowest BCUT2D eigenvalue weighted by molar-refractivity contribution is 0.0909. The van der Waals surface area contributed by atoms with E-state index >= 15 is 0 Å². The number of halogens is 2. The number of pyridine rings is 2. The molecule has 1 aliphatic rings. The fourth-order valence-corrected chi connectivity index (χ4v) is 5.06. The molecule has 0 spiro atoms. The number of hydrogen-bond donors (Lipinski definition) is 3. The minimum absolute atomic E-state index is 0.0326. The third-order valence-electron chi connectivity index (χ3n) is 6.46. The van der Waals surface area contributed by atoms with Gasteiger partial charge in [0.25, 0.3) is 0 Å². The van der Waals surface area contributed by atoms with Crippen molar-refractivity contribution >= 4 is 56.0 Å². The van der Waals surface area contributed by atoms with Crippen molar-refractivity contribution in [1.82, 2.24) is 34.4 Å². The minimum atomic E-state index is -1.08. The van der Waals surface area contributed by atoms with E-state index < -0.39 is 18.0 Å². The Labute approximate surface area is 234 Å². The van der Waals surface area contributed by atoms with Gasteiger partial charge in [-0.2, -0.15) is 5.10 Å². The number of fused-ring (bicyclic) bond motifs is 2. The number of hydrogen-bond acceptors (Lipinski definition) is 10. The molecule has 0 radical (unpaired) electrons. The lowest BCUT2D eigenvalue weighted by Crippen LogP contribution is -2.56. The Morgan fingerprint density at radius 1 is 1.15 bits per heavy atom. The van der Waals surface area contributed by atoms with E-state index in [1.807, 2.05) is 4.90 Å². The summed E-state index contributed by atoms with van der Waals surface area (Å²) in [5, 5.41) is 26.3.